The second kappa shape index (κ2) is 7.06. The first-order valence-electron chi connectivity index (χ1n) is 7.00. The van der Waals surface area contributed by atoms with Gasteiger partial charge < -0.3 is 9.88 Å². The van der Waals surface area contributed by atoms with Crippen molar-refractivity contribution >= 4 is 18.3 Å². The number of aromatic nitrogens is 2. The summed E-state index contributed by atoms with van der Waals surface area (Å²) in [4.78, 5) is 16.0. The van der Waals surface area contributed by atoms with Crippen LogP contribution in [0.25, 0.3) is 5.69 Å². The molecule has 23 heavy (non-hydrogen) atoms. The molecule has 0 radical (unpaired) electrons. The lowest BCUT2D eigenvalue weighted by atomic mass is 10.1. The monoisotopic (exact) mass is 342 g/mol. The van der Waals surface area contributed by atoms with E-state index < -0.39 is 30.8 Å². The molecule has 1 atom stereocenters. The summed E-state index contributed by atoms with van der Waals surface area (Å²) in [6, 6.07) is 6.71. The molecule has 0 saturated carbocycles. The number of carbonyl (C=O) groups excluding carboxylic acids is 1. The zero-order valence-corrected chi connectivity index (χ0v) is 13.0. The molecule has 1 fully saturated rings. The van der Waals surface area contributed by atoms with E-state index in [2.05, 4.69) is 15.6 Å². The van der Waals surface area contributed by atoms with Gasteiger partial charge in [0.1, 0.15) is 0 Å². The van der Waals surface area contributed by atoms with Crippen LogP contribution in [0.3, 0.4) is 0 Å². The average molecular weight is 343 g/mol. The van der Waals surface area contributed by atoms with E-state index in [1.807, 2.05) is 28.8 Å². The largest absolute Gasteiger partial charge is 0.351 e. The van der Waals surface area contributed by atoms with Gasteiger partial charge in [0.25, 0.3) is 5.92 Å². The van der Waals surface area contributed by atoms with Crippen LogP contribution in [0.1, 0.15) is 12.0 Å². The summed E-state index contributed by atoms with van der Waals surface area (Å²) in [5.41, 5.74) is 1.78. The molecule has 8 heteroatoms. The Morgan fingerprint density at radius 2 is 2.22 bits per heavy atom. The van der Waals surface area contributed by atoms with Crippen LogP contribution in [0.4, 0.5) is 8.78 Å². The van der Waals surface area contributed by atoms with Crippen LogP contribution in [0, 0.1) is 0 Å². The predicted molar refractivity (Wildman–Crippen MR) is 84.0 cm³/mol. The standard InChI is InChI=1S/C15H16F2N4O.ClH/c16-15(17)7-12(20-9-15)14(22)19-8-11-3-1-2-4-13(11)21-6-5-18-10-21;/h1-6,10,12,20H,7-9H2,(H,19,22);1H. The lowest BCUT2D eigenvalue weighted by Gasteiger charge is -2.14. The fraction of sp³-hybridized carbons (Fsp3) is 0.333. The lowest BCUT2D eigenvalue weighted by Crippen LogP contribution is -2.40. The Hall–Kier alpha value is -1.99. The molecule has 1 aromatic carbocycles. The first-order valence-corrected chi connectivity index (χ1v) is 7.00. The maximum atomic E-state index is 13.1. The molecule has 1 aromatic heterocycles. The number of para-hydroxylation sites is 1. The van der Waals surface area contributed by atoms with E-state index in [1.54, 1.807) is 18.7 Å². The fourth-order valence-electron chi connectivity index (χ4n) is 2.52. The van der Waals surface area contributed by atoms with Gasteiger partial charge in [0, 0.05) is 25.4 Å². The molecule has 0 spiro atoms. The van der Waals surface area contributed by atoms with Gasteiger partial charge in [-0.1, -0.05) is 18.2 Å². The summed E-state index contributed by atoms with van der Waals surface area (Å²) in [6.45, 7) is -0.173. The lowest BCUT2D eigenvalue weighted by molar-refractivity contribution is -0.123. The molecule has 2 N–H and O–H groups in total. The molecule has 1 aliphatic rings. The number of benzene rings is 1. The summed E-state index contributed by atoms with van der Waals surface area (Å²) in [7, 11) is 0. The van der Waals surface area contributed by atoms with Crippen molar-refractivity contribution < 1.29 is 13.6 Å². The van der Waals surface area contributed by atoms with Gasteiger partial charge in [-0.15, -0.1) is 12.4 Å². The summed E-state index contributed by atoms with van der Waals surface area (Å²) >= 11 is 0. The van der Waals surface area contributed by atoms with Crippen LogP contribution in [0.5, 0.6) is 0 Å². The minimum Gasteiger partial charge on any atom is -0.351 e. The first-order chi connectivity index (χ1) is 10.6. The van der Waals surface area contributed by atoms with Gasteiger partial charge in [-0.05, 0) is 11.6 Å². The SMILES string of the molecule is Cl.O=C(NCc1ccccc1-n1ccnc1)C1CC(F)(F)CN1. The van der Waals surface area contributed by atoms with Crippen molar-refractivity contribution in [2.75, 3.05) is 6.54 Å². The first kappa shape index (κ1) is 17.4. The van der Waals surface area contributed by atoms with Gasteiger partial charge in [-0.25, -0.2) is 13.8 Å². The highest BCUT2D eigenvalue weighted by Crippen LogP contribution is 2.25. The number of amides is 1. The molecule has 2 heterocycles. The third kappa shape index (κ3) is 4.05. The highest BCUT2D eigenvalue weighted by atomic mass is 35.5. The van der Waals surface area contributed by atoms with Gasteiger partial charge in [-0.3, -0.25) is 10.1 Å². The van der Waals surface area contributed by atoms with Crippen LogP contribution in [-0.4, -0.2) is 34.0 Å². The third-order valence-corrected chi connectivity index (χ3v) is 3.65. The number of hydrogen-bond donors (Lipinski definition) is 2. The molecule has 1 unspecified atom stereocenters. The van der Waals surface area contributed by atoms with E-state index in [0.717, 1.165) is 11.3 Å². The number of halogens is 3. The number of rotatable bonds is 4. The number of carbonyl (C=O) groups is 1. The summed E-state index contributed by atoms with van der Waals surface area (Å²) < 4.78 is 28.1. The molecule has 0 aliphatic carbocycles. The van der Waals surface area contributed by atoms with Gasteiger partial charge in [0.05, 0.1) is 24.6 Å². The Kier molecular flexibility index (Phi) is 5.33. The van der Waals surface area contributed by atoms with Crippen molar-refractivity contribution in [1.82, 2.24) is 20.2 Å². The van der Waals surface area contributed by atoms with Gasteiger partial charge in [0.2, 0.25) is 5.91 Å². The Labute approximate surface area is 138 Å². The third-order valence-electron chi connectivity index (χ3n) is 3.65. The van der Waals surface area contributed by atoms with E-state index in [4.69, 9.17) is 0 Å². The zero-order chi connectivity index (χ0) is 15.6. The van der Waals surface area contributed by atoms with E-state index in [1.165, 1.54) is 0 Å². The maximum Gasteiger partial charge on any atom is 0.262 e. The second-order valence-electron chi connectivity index (χ2n) is 5.31. The maximum absolute atomic E-state index is 13.1. The van der Waals surface area contributed by atoms with Gasteiger partial charge in [0.15, 0.2) is 0 Å². The Bertz CT molecular complexity index is 663. The van der Waals surface area contributed by atoms with Gasteiger partial charge >= 0.3 is 0 Å². The van der Waals surface area contributed by atoms with Crippen molar-refractivity contribution in [1.29, 1.82) is 0 Å². The Morgan fingerprint density at radius 3 is 2.87 bits per heavy atom. The van der Waals surface area contributed by atoms with Crippen LogP contribution in [0.2, 0.25) is 0 Å². The molecular formula is C15H17ClF2N4O. The molecule has 2 aromatic rings. The molecule has 5 nitrogen and oxygen atoms in total. The molecule has 3 rings (SSSR count). The van der Waals surface area contributed by atoms with E-state index in [9.17, 15) is 13.6 Å². The molecule has 0 bridgehead atoms. The Balaban J connectivity index is 0.00000192. The van der Waals surface area contributed by atoms with Crippen LogP contribution < -0.4 is 10.6 Å². The highest BCUT2D eigenvalue weighted by Gasteiger charge is 2.42. The van der Waals surface area contributed by atoms with Crippen LogP contribution in [-0.2, 0) is 11.3 Å². The number of alkyl halides is 2. The van der Waals surface area contributed by atoms with Crippen LogP contribution >= 0.6 is 12.4 Å². The van der Waals surface area contributed by atoms with Crippen molar-refractivity contribution in [2.45, 2.75) is 24.9 Å². The number of hydrogen-bond acceptors (Lipinski definition) is 3. The van der Waals surface area contributed by atoms with Crippen molar-refractivity contribution in [3.63, 3.8) is 0 Å². The number of nitrogens with zero attached hydrogens (tertiary/aromatic N) is 2. The van der Waals surface area contributed by atoms with E-state index in [0.29, 0.717) is 0 Å². The fourth-order valence-corrected chi connectivity index (χ4v) is 2.52. The summed E-state index contributed by atoms with van der Waals surface area (Å²) in [6.07, 6.45) is 4.68. The van der Waals surface area contributed by atoms with E-state index in [-0.39, 0.29) is 19.0 Å². The predicted octanol–water partition coefficient (Wildman–Crippen LogP) is 1.91. The Morgan fingerprint density at radius 1 is 1.43 bits per heavy atom. The topological polar surface area (TPSA) is 59.0 Å². The van der Waals surface area contributed by atoms with Crippen molar-refractivity contribution in [3.8, 4) is 5.69 Å². The highest BCUT2D eigenvalue weighted by molar-refractivity contribution is 5.85. The molecule has 1 saturated heterocycles. The van der Waals surface area contributed by atoms with Gasteiger partial charge in [-0.2, -0.15) is 0 Å². The average Bonchev–Trinajstić information content (AvgIpc) is 3.14. The normalized spacial score (nSPS) is 19.1. The van der Waals surface area contributed by atoms with Crippen molar-refractivity contribution in [2.24, 2.45) is 0 Å². The number of imidazole rings is 1. The zero-order valence-electron chi connectivity index (χ0n) is 12.2. The molecule has 1 aliphatic heterocycles. The second-order valence-corrected chi connectivity index (χ2v) is 5.31. The summed E-state index contributed by atoms with van der Waals surface area (Å²) in [5.74, 6) is -3.21. The minimum absolute atomic E-state index is 0. The summed E-state index contributed by atoms with van der Waals surface area (Å²) in [5, 5.41) is 5.26. The molecule has 124 valence electrons. The quantitative estimate of drug-likeness (QED) is 0.892. The smallest absolute Gasteiger partial charge is 0.262 e. The van der Waals surface area contributed by atoms with E-state index >= 15 is 0 Å². The van der Waals surface area contributed by atoms with Crippen LogP contribution in [0.15, 0.2) is 43.0 Å². The molecular weight excluding hydrogens is 326 g/mol. The van der Waals surface area contributed by atoms with Crippen molar-refractivity contribution in [3.05, 3.63) is 48.5 Å². The molecule has 1 amide bonds. The minimum atomic E-state index is -2.81. The number of nitrogens with one attached hydrogen (secondary N) is 2.